The Morgan fingerprint density at radius 1 is 0.805 bits per heavy atom. The van der Waals surface area contributed by atoms with Crippen LogP contribution < -0.4 is 19.5 Å². The number of methoxy groups -OCH3 is 2. The van der Waals surface area contributed by atoms with Gasteiger partial charge in [0, 0.05) is 32.7 Å². The molecule has 0 saturated heterocycles. The van der Waals surface area contributed by atoms with E-state index in [1.54, 1.807) is 14.2 Å². The summed E-state index contributed by atoms with van der Waals surface area (Å²) in [7, 11) is 3.39. The van der Waals surface area contributed by atoms with E-state index in [4.69, 9.17) is 14.2 Å². The fraction of sp³-hybridized carbons (Fsp3) is 0.167. The number of nitrogens with one attached hydrogen (secondary N) is 1. The zero-order chi connectivity index (χ0) is 27.6. The van der Waals surface area contributed by atoms with E-state index in [1.165, 1.54) is 43.8 Å². The zero-order valence-corrected chi connectivity index (χ0v) is 23.8. The van der Waals surface area contributed by atoms with Crippen LogP contribution in [0.3, 0.4) is 0 Å². The van der Waals surface area contributed by atoms with Crippen molar-refractivity contribution in [2.24, 2.45) is 0 Å². The first kappa shape index (κ1) is 24.4. The summed E-state index contributed by atoms with van der Waals surface area (Å²) >= 11 is 1.84. The third-order valence-electron chi connectivity index (χ3n) is 8.71. The molecule has 41 heavy (non-hydrogen) atoms. The molecule has 202 valence electrons. The highest BCUT2D eigenvalue weighted by Gasteiger charge is 2.40. The van der Waals surface area contributed by atoms with E-state index in [0.717, 1.165) is 52.5 Å². The van der Waals surface area contributed by atoms with Crippen molar-refractivity contribution in [2.45, 2.75) is 23.3 Å². The Kier molecular flexibility index (Phi) is 5.58. The van der Waals surface area contributed by atoms with Gasteiger partial charge < -0.3 is 19.5 Å². The molecule has 3 aliphatic rings. The van der Waals surface area contributed by atoms with Crippen molar-refractivity contribution in [3.63, 3.8) is 0 Å². The number of fused-ring (bicyclic) bond motifs is 9. The van der Waals surface area contributed by atoms with Crippen molar-refractivity contribution in [1.82, 2.24) is 0 Å². The second kappa shape index (κ2) is 9.35. The summed E-state index contributed by atoms with van der Waals surface area (Å²) in [4.78, 5) is 1.27. The standard InChI is InChI=1S/C36H29NO3S/c1-38-25-12-8-23(9-13-25)36(24-10-14-26(39-2)15-11-24)18-17-29-28-16-7-22-5-3-4-6-27(22)34(28)30-19-32-33(41-21-37-32)20-31(30)35(29)40-36/h3-6,8-15,17-20,37H,7,16,21H2,1-2H3. The molecule has 5 aromatic rings. The Bertz CT molecular complexity index is 1810. The van der Waals surface area contributed by atoms with Gasteiger partial charge in [-0.15, -0.1) is 11.8 Å². The first-order valence-corrected chi connectivity index (χ1v) is 15.0. The number of hydrogen-bond donors (Lipinski definition) is 1. The number of rotatable bonds is 4. The monoisotopic (exact) mass is 555 g/mol. The highest BCUT2D eigenvalue weighted by Crippen LogP contribution is 2.53. The molecule has 5 aromatic carbocycles. The van der Waals surface area contributed by atoms with Gasteiger partial charge in [0.2, 0.25) is 0 Å². The Morgan fingerprint density at radius 2 is 1.51 bits per heavy atom. The lowest BCUT2D eigenvalue weighted by Crippen LogP contribution is -2.34. The first-order chi connectivity index (χ1) is 20.2. The van der Waals surface area contributed by atoms with Crippen LogP contribution in [0.4, 0.5) is 5.69 Å². The molecule has 8 rings (SSSR count). The van der Waals surface area contributed by atoms with Crippen LogP contribution in [-0.2, 0) is 18.4 Å². The second-order valence-electron chi connectivity index (χ2n) is 10.7. The molecule has 0 atom stereocenters. The molecule has 0 bridgehead atoms. The molecule has 5 heteroatoms. The Morgan fingerprint density at radius 3 is 2.22 bits per heavy atom. The number of ether oxygens (including phenoxy) is 3. The normalized spacial score (nSPS) is 15.7. The van der Waals surface area contributed by atoms with Gasteiger partial charge >= 0.3 is 0 Å². The van der Waals surface area contributed by atoms with Crippen LogP contribution >= 0.6 is 11.8 Å². The van der Waals surface area contributed by atoms with Crippen molar-refractivity contribution < 1.29 is 14.2 Å². The van der Waals surface area contributed by atoms with Gasteiger partial charge in [-0.3, -0.25) is 0 Å². The molecule has 0 saturated carbocycles. The summed E-state index contributed by atoms with van der Waals surface area (Å²) < 4.78 is 18.3. The van der Waals surface area contributed by atoms with Crippen LogP contribution in [0, 0.1) is 0 Å². The largest absolute Gasteiger partial charge is 0.497 e. The number of thioether (sulfide) groups is 1. The van der Waals surface area contributed by atoms with Gasteiger partial charge in [-0.25, -0.2) is 0 Å². The van der Waals surface area contributed by atoms with Gasteiger partial charge in [0.15, 0.2) is 5.60 Å². The summed E-state index contributed by atoms with van der Waals surface area (Å²) in [6, 6.07) is 30.0. The fourth-order valence-electron chi connectivity index (χ4n) is 6.65. The van der Waals surface area contributed by atoms with Gasteiger partial charge in [0.05, 0.1) is 20.1 Å². The second-order valence-corrected chi connectivity index (χ2v) is 11.8. The number of aryl methyl sites for hydroxylation is 1. The molecule has 1 N–H and O–H groups in total. The summed E-state index contributed by atoms with van der Waals surface area (Å²) in [5, 5.41) is 5.97. The van der Waals surface area contributed by atoms with E-state index < -0.39 is 5.60 Å². The molecule has 0 unspecified atom stereocenters. The molecule has 4 nitrogen and oxygen atoms in total. The smallest absolute Gasteiger partial charge is 0.178 e. The maximum Gasteiger partial charge on any atom is 0.178 e. The van der Waals surface area contributed by atoms with E-state index in [1.807, 2.05) is 36.0 Å². The predicted molar refractivity (Wildman–Crippen MR) is 168 cm³/mol. The predicted octanol–water partition coefficient (Wildman–Crippen LogP) is 8.45. The Balaban J connectivity index is 1.41. The number of anilines is 1. The minimum absolute atomic E-state index is 0.816. The quantitative estimate of drug-likeness (QED) is 0.241. The minimum atomic E-state index is -0.816. The van der Waals surface area contributed by atoms with E-state index in [9.17, 15) is 0 Å². The Hall–Kier alpha value is -4.35. The zero-order valence-electron chi connectivity index (χ0n) is 23.0. The molecule has 1 aliphatic carbocycles. The third-order valence-corrected chi connectivity index (χ3v) is 9.65. The lowest BCUT2D eigenvalue weighted by molar-refractivity contribution is 0.163. The molecule has 2 aliphatic heterocycles. The van der Waals surface area contributed by atoms with Gasteiger partial charge in [-0.1, -0.05) is 54.6 Å². The van der Waals surface area contributed by atoms with Gasteiger partial charge in [0.1, 0.15) is 17.2 Å². The fourth-order valence-corrected chi connectivity index (χ4v) is 7.52. The van der Waals surface area contributed by atoms with E-state index in [-0.39, 0.29) is 0 Å². The van der Waals surface area contributed by atoms with E-state index >= 15 is 0 Å². The van der Waals surface area contributed by atoms with Crippen molar-refractivity contribution in [3.05, 3.63) is 119 Å². The molecule has 0 spiro atoms. The van der Waals surface area contributed by atoms with Crippen molar-refractivity contribution >= 4 is 34.3 Å². The third kappa shape index (κ3) is 3.69. The summed E-state index contributed by atoms with van der Waals surface area (Å²) in [5.74, 6) is 3.46. The molecule has 0 aromatic heterocycles. The molecule has 0 radical (unpaired) electrons. The maximum absolute atomic E-state index is 7.37. The summed E-state index contributed by atoms with van der Waals surface area (Å²) in [6.45, 7) is 0. The van der Waals surface area contributed by atoms with Crippen LogP contribution in [0.25, 0.3) is 28.0 Å². The van der Waals surface area contributed by atoms with Crippen LogP contribution in [0.15, 0.2) is 95.9 Å². The van der Waals surface area contributed by atoms with Crippen LogP contribution in [-0.4, -0.2) is 20.1 Å². The van der Waals surface area contributed by atoms with Gasteiger partial charge in [-0.05, 0) is 83.0 Å². The maximum atomic E-state index is 7.37. The molecular weight excluding hydrogens is 526 g/mol. The summed E-state index contributed by atoms with van der Waals surface area (Å²) in [6.07, 6.45) is 6.54. The number of hydrogen-bond acceptors (Lipinski definition) is 5. The number of benzene rings is 5. The van der Waals surface area contributed by atoms with E-state index in [0.29, 0.717) is 0 Å². The molecule has 2 heterocycles. The van der Waals surface area contributed by atoms with Gasteiger partial charge in [-0.2, -0.15) is 0 Å². The highest BCUT2D eigenvalue weighted by molar-refractivity contribution is 7.99. The highest BCUT2D eigenvalue weighted by atomic mass is 32.2. The van der Waals surface area contributed by atoms with Crippen LogP contribution in [0.2, 0.25) is 0 Å². The lowest BCUT2D eigenvalue weighted by Gasteiger charge is -2.38. The molecular formula is C36H29NO3S. The van der Waals surface area contributed by atoms with E-state index in [2.05, 4.69) is 78.1 Å². The minimum Gasteiger partial charge on any atom is -0.497 e. The topological polar surface area (TPSA) is 39.7 Å². The molecule has 0 amide bonds. The first-order valence-electron chi connectivity index (χ1n) is 14.0. The lowest BCUT2D eigenvalue weighted by atomic mass is 9.77. The average molecular weight is 556 g/mol. The molecule has 0 fully saturated rings. The van der Waals surface area contributed by atoms with Crippen molar-refractivity contribution in [1.29, 1.82) is 0 Å². The summed E-state index contributed by atoms with van der Waals surface area (Å²) in [5.41, 5.74) is 9.12. The van der Waals surface area contributed by atoms with Crippen molar-refractivity contribution in [2.75, 3.05) is 25.4 Å². The average Bonchev–Trinajstić information content (AvgIpc) is 3.51. The van der Waals surface area contributed by atoms with Crippen LogP contribution in [0.5, 0.6) is 17.2 Å². The van der Waals surface area contributed by atoms with Crippen LogP contribution in [0.1, 0.15) is 27.8 Å². The van der Waals surface area contributed by atoms with Gasteiger partial charge in [0.25, 0.3) is 0 Å². The SMILES string of the molecule is COc1ccc(C2(c3ccc(OC)cc3)C=Cc3c4c(c5cc6c(cc5c3O2)SCN6)-c2ccccc2CC4)cc1. The Labute approximate surface area is 244 Å². The van der Waals surface area contributed by atoms with Crippen molar-refractivity contribution in [3.8, 4) is 28.4 Å².